The monoisotopic (exact) mass is 376 g/mol. The van der Waals surface area contributed by atoms with E-state index in [0.29, 0.717) is 23.9 Å². The molecule has 0 radical (unpaired) electrons. The van der Waals surface area contributed by atoms with Gasteiger partial charge in [0.15, 0.2) is 11.0 Å². The Hall–Kier alpha value is -2.25. The third kappa shape index (κ3) is 4.64. The second-order valence-electron chi connectivity index (χ2n) is 5.31. The number of aromatic nitrogens is 3. The highest BCUT2D eigenvalue weighted by Gasteiger charge is 2.15. The molecule has 0 unspecified atom stereocenters. The number of carbonyl (C=O) groups is 1. The lowest BCUT2D eigenvalue weighted by Crippen LogP contribution is -2.22. The molecule has 0 aliphatic rings. The molecule has 3 rings (SSSR count). The number of furan rings is 1. The lowest BCUT2D eigenvalue weighted by Gasteiger charge is -2.09. The molecule has 1 N–H and O–H groups in total. The normalized spacial score (nSPS) is 10.8. The van der Waals surface area contributed by atoms with Crippen LogP contribution >= 0.6 is 23.4 Å². The van der Waals surface area contributed by atoms with Gasteiger partial charge in [-0.1, -0.05) is 23.4 Å². The molecular formula is C17H17ClN4O2S. The van der Waals surface area contributed by atoms with Crippen molar-refractivity contribution < 1.29 is 9.21 Å². The van der Waals surface area contributed by atoms with Gasteiger partial charge in [0.1, 0.15) is 5.76 Å². The number of hydrogen-bond acceptors (Lipinski definition) is 5. The highest BCUT2D eigenvalue weighted by Crippen LogP contribution is 2.26. The van der Waals surface area contributed by atoms with Crippen molar-refractivity contribution in [2.45, 2.75) is 18.6 Å². The lowest BCUT2D eigenvalue weighted by molar-refractivity contribution is -0.118. The van der Waals surface area contributed by atoms with Crippen LogP contribution in [0.15, 0.2) is 52.2 Å². The number of nitrogens with zero attached hydrogens (tertiary/aromatic N) is 3. The molecular weight excluding hydrogens is 360 g/mol. The van der Waals surface area contributed by atoms with Gasteiger partial charge in [-0.25, -0.2) is 0 Å². The molecule has 2 aromatic heterocycles. The summed E-state index contributed by atoms with van der Waals surface area (Å²) < 4.78 is 7.47. The molecule has 25 heavy (non-hydrogen) atoms. The first-order valence-corrected chi connectivity index (χ1v) is 9.08. The molecule has 6 nitrogen and oxygen atoms in total. The highest BCUT2D eigenvalue weighted by atomic mass is 35.5. The molecule has 0 fully saturated rings. The van der Waals surface area contributed by atoms with E-state index in [-0.39, 0.29) is 5.91 Å². The smallest absolute Gasteiger partial charge is 0.216 e. The number of thioether (sulfide) groups is 1. The minimum atomic E-state index is -0.0421. The molecule has 1 amide bonds. The van der Waals surface area contributed by atoms with E-state index >= 15 is 0 Å². The van der Waals surface area contributed by atoms with Crippen LogP contribution in [0.5, 0.6) is 0 Å². The van der Waals surface area contributed by atoms with Crippen LogP contribution in [0.4, 0.5) is 0 Å². The molecule has 0 aliphatic carbocycles. The molecule has 0 bridgehead atoms. The maximum atomic E-state index is 11.0. The average Bonchev–Trinajstić information content (AvgIpc) is 3.23. The average molecular weight is 377 g/mol. The molecule has 0 saturated heterocycles. The van der Waals surface area contributed by atoms with E-state index in [1.165, 1.54) is 18.7 Å². The summed E-state index contributed by atoms with van der Waals surface area (Å²) in [5.74, 6) is 2.23. The minimum absolute atomic E-state index is 0.0421. The number of amides is 1. The van der Waals surface area contributed by atoms with E-state index in [0.717, 1.165) is 22.3 Å². The van der Waals surface area contributed by atoms with Gasteiger partial charge in [-0.3, -0.25) is 9.36 Å². The third-order valence-corrected chi connectivity index (χ3v) is 4.64. The molecule has 130 valence electrons. The number of rotatable bonds is 7. The first kappa shape index (κ1) is 17.6. The zero-order chi connectivity index (χ0) is 17.6. The van der Waals surface area contributed by atoms with E-state index in [1.807, 2.05) is 41.0 Å². The molecule has 1 aromatic carbocycles. The van der Waals surface area contributed by atoms with Gasteiger partial charge in [0.05, 0.1) is 12.8 Å². The van der Waals surface area contributed by atoms with E-state index in [9.17, 15) is 4.79 Å². The number of hydrogen-bond donors (Lipinski definition) is 1. The summed E-state index contributed by atoms with van der Waals surface area (Å²) >= 11 is 7.51. The van der Waals surface area contributed by atoms with Crippen LogP contribution in [-0.4, -0.2) is 33.0 Å². The number of halogens is 1. The second-order valence-corrected chi connectivity index (χ2v) is 6.81. The van der Waals surface area contributed by atoms with Crippen molar-refractivity contribution in [2.24, 2.45) is 0 Å². The molecule has 2 heterocycles. The van der Waals surface area contributed by atoms with Crippen LogP contribution in [0, 0.1) is 0 Å². The van der Waals surface area contributed by atoms with Crippen molar-refractivity contribution in [3.63, 3.8) is 0 Å². The summed E-state index contributed by atoms with van der Waals surface area (Å²) in [5.41, 5.74) is 0.928. The van der Waals surface area contributed by atoms with Gasteiger partial charge in [0.2, 0.25) is 5.91 Å². The van der Waals surface area contributed by atoms with Crippen LogP contribution < -0.4 is 5.32 Å². The number of benzene rings is 1. The minimum Gasteiger partial charge on any atom is -0.467 e. The van der Waals surface area contributed by atoms with Gasteiger partial charge in [0.25, 0.3) is 0 Å². The van der Waals surface area contributed by atoms with Gasteiger partial charge in [0, 0.05) is 29.8 Å². The predicted octanol–water partition coefficient (Wildman–Crippen LogP) is 3.47. The lowest BCUT2D eigenvalue weighted by atomic mass is 10.2. The van der Waals surface area contributed by atoms with Crippen molar-refractivity contribution in [3.05, 3.63) is 53.4 Å². The largest absolute Gasteiger partial charge is 0.467 e. The molecule has 8 heteroatoms. The van der Waals surface area contributed by atoms with E-state index in [2.05, 4.69) is 15.5 Å². The van der Waals surface area contributed by atoms with Crippen LogP contribution in [0.25, 0.3) is 11.4 Å². The van der Waals surface area contributed by atoms with Crippen molar-refractivity contribution in [1.82, 2.24) is 20.1 Å². The van der Waals surface area contributed by atoms with E-state index in [4.69, 9.17) is 16.0 Å². The van der Waals surface area contributed by atoms with Crippen LogP contribution in [0.1, 0.15) is 12.7 Å². The Morgan fingerprint density at radius 3 is 2.76 bits per heavy atom. The SMILES string of the molecule is CC(=O)NCCSc1nnc(-c2ccc(Cl)cc2)n1Cc1ccco1. The summed E-state index contributed by atoms with van der Waals surface area (Å²) in [6.07, 6.45) is 1.64. The Kier molecular flexibility index (Phi) is 5.78. The molecule has 0 spiro atoms. The fraction of sp³-hybridized carbons (Fsp3) is 0.235. The zero-order valence-corrected chi connectivity index (χ0v) is 15.2. The Bertz CT molecular complexity index is 831. The van der Waals surface area contributed by atoms with Gasteiger partial charge in [-0.15, -0.1) is 10.2 Å². The summed E-state index contributed by atoms with van der Waals surface area (Å²) in [7, 11) is 0. The van der Waals surface area contributed by atoms with Gasteiger partial charge >= 0.3 is 0 Å². The maximum Gasteiger partial charge on any atom is 0.216 e. The van der Waals surface area contributed by atoms with Crippen LogP contribution in [0.2, 0.25) is 5.02 Å². The Morgan fingerprint density at radius 1 is 1.28 bits per heavy atom. The topological polar surface area (TPSA) is 73.0 Å². The Labute approximate surface area is 154 Å². The molecule has 3 aromatic rings. The zero-order valence-electron chi connectivity index (χ0n) is 13.6. The Balaban J connectivity index is 1.84. The Morgan fingerprint density at radius 2 is 2.08 bits per heavy atom. The molecule has 0 aliphatic heterocycles. The molecule has 0 saturated carbocycles. The fourth-order valence-corrected chi connectivity index (χ4v) is 3.20. The van der Waals surface area contributed by atoms with E-state index < -0.39 is 0 Å². The number of carbonyl (C=O) groups excluding carboxylic acids is 1. The van der Waals surface area contributed by atoms with Crippen LogP contribution in [0.3, 0.4) is 0 Å². The first-order chi connectivity index (χ1) is 12.1. The van der Waals surface area contributed by atoms with Crippen molar-refractivity contribution in [2.75, 3.05) is 12.3 Å². The van der Waals surface area contributed by atoms with Gasteiger partial charge in [-0.2, -0.15) is 0 Å². The second kappa shape index (κ2) is 8.22. The number of nitrogens with one attached hydrogen (secondary N) is 1. The third-order valence-electron chi connectivity index (χ3n) is 3.42. The highest BCUT2D eigenvalue weighted by molar-refractivity contribution is 7.99. The maximum absolute atomic E-state index is 11.0. The summed E-state index contributed by atoms with van der Waals surface area (Å²) in [5, 5.41) is 12.8. The summed E-state index contributed by atoms with van der Waals surface area (Å²) in [6, 6.07) is 11.2. The van der Waals surface area contributed by atoms with Crippen molar-refractivity contribution >= 4 is 29.3 Å². The molecule has 0 atom stereocenters. The van der Waals surface area contributed by atoms with Crippen molar-refractivity contribution in [1.29, 1.82) is 0 Å². The van der Waals surface area contributed by atoms with Crippen LogP contribution in [-0.2, 0) is 11.3 Å². The van der Waals surface area contributed by atoms with Crippen molar-refractivity contribution in [3.8, 4) is 11.4 Å². The van der Waals surface area contributed by atoms with E-state index in [1.54, 1.807) is 6.26 Å². The fourth-order valence-electron chi connectivity index (χ4n) is 2.28. The quantitative estimate of drug-likeness (QED) is 0.505. The first-order valence-electron chi connectivity index (χ1n) is 7.72. The summed E-state index contributed by atoms with van der Waals surface area (Å²) in [4.78, 5) is 11.0. The van der Waals surface area contributed by atoms with Gasteiger partial charge < -0.3 is 9.73 Å². The standard InChI is InChI=1S/C17H17ClN4O2S/c1-12(23)19-8-10-25-17-21-20-16(13-4-6-14(18)7-5-13)22(17)11-15-3-2-9-24-15/h2-7,9H,8,10-11H2,1H3,(H,19,23). The predicted molar refractivity (Wildman–Crippen MR) is 97.7 cm³/mol. The summed E-state index contributed by atoms with van der Waals surface area (Å²) in [6.45, 7) is 2.60. The van der Waals surface area contributed by atoms with Gasteiger partial charge in [-0.05, 0) is 36.4 Å².